The third-order valence-corrected chi connectivity index (χ3v) is 4.71. The summed E-state index contributed by atoms with van der Waals surface area (Å²) >= 11 is 0. The second-order valence-corrected chi connectivity index (χ2v) is 6.22. The number of nitrogens with zero attached hydrogens (tertiary/aromatic N) is 1. The highest BCUT2D eigenvalue weighted by Gasteiger charge is 2.22. The van der Waals surface area contributed by atoms with Crippen LogP contribution in [0.2, 0.25) is 0 Å². The largest absolute Gasteiger partial charge is 0.369 e. The van der Waals surface area contributed by atoms with Crippen molar-refractivity contribution in [1.29, 1.82) is 0 Å². The predicted octanol–water partition coefficient (Wildman–Crippen LogP) is 4.26. The van der Waals surface area contributed by atoms with Gasteiger partial charge in [0.2, 0.25) is 0 Å². The van der Waals surface area contributed by atoms with Gasteiger partial charge in [-0.25, -0.2) is 4.39 Å². The first-order valence-corrected chi connectivity index (χ1v) is 8.46. The summed E-state index contributed by atoms with van der Waals surface area (Å²) in [6.07, 6.45) is 8.16. The molecule has 2 rings (SSSR count). The zero-order chi connectivity index (χ0) is 15.2. The Labute approximate surface area is 128 Å². The van der Waals surface area contributed by atoms with E-state index in [-0.39, 0.29) is 11.9 Å². The molecular weight excluding hydrogens is 263 g/mol. The zero-order valence-electron chi connectivity index (χ0n) is 13.4. The summed E-state index contributed by atoms with van der Waals surface area (Å²) in [6.45, 7) is 5.26. The van der Waals surface area contributed by atoms with Crippen molar-refractivity contribution >= 4 is 5.69 Å². The van der Waals surface area contributed by atoms with Crippen molar-refractivity contribution < 1.29 is 4.39 Å². The van der Waals surface area contributed by atoms with Gasteiger partial charge in [-0.2, -0.15) is 0 Å². The van der Waals surface area contributed by atoms with Gasteiger partial charge in [-0.05, 0) is 56.4 Å². The lowest BCUT2D eigenvalue weighted by atomic mass is 9.92. The molecule has 0 aliphatic heterocycles. The summed E-state index contributed by atoms with van der Waals surface area (Å²) in [7, 11) is 0. The van der Waals surface area contributed by atoms with Crippen LogP contribution in [-0.2, 0) is 6.42 Å². The number of hydrogen-bond donors (Lipinski definition) is 1. The van der Waals surface area contributed by atoms with Crippen molar-refractivity contribution in [3.8, 4) is 0 Å². The van der Waals surface area contributed by atoms with Gasteiger partial charge in [0, 0.05) is 24.3 Å². The minimum atomic E-state index is -0.156. The van der Waals surface area contributed by atoms with E-state index < -0.39 is 0 Å². The first kappa shape index (κ1) is 16.3. The van der Waals surface area contributed by atoms with Gasteiger partial charge in [0.15, 0.2) is 0 Å². The molecule has 0 amide bonds. The van der Waals surface area contributed by atoms with Gasteiger partial charge in [-0.1, -0.05) is 26.2 Å². The van der Waals surface area contributed by atoms with E-state index in [1.807, 2.05) is 6.07 Å². The van der Waals surface area contributed by atoms with Crippen molar-refractivity contribution in [1.82, 2.24) is 0 Å². The molecule has 1 aliphatic rings. The lowest BCUT2D eigenvalue weighted by Crippen LogP contribution is -2.37. The van der Waals surface area contributed by atoms with Crippen LogP contribution >= 0.6 is 0 Å². The fourth-order valence-electron chi connectivity index (χ4n) is 3.44. The van der Waals surface area contributed by atoms with E-state index in [0.29, 0.717) is 6.04 Å². The number of anilines is 1. The van der Waals surface area contributed by atoms with Crippen molar-refractivity contribution in [2.45, 2.75) is 70.9 Å². The number of nitrogens with two attached hydrogens (primary N) is 1. The van der Waals surface area contributed by atoms with Crippen LogP contribution in [0.5, 0.6) is 0 Å². The third-order valence-electron chi connectivity index (χ3n) is 4.71. The number of hydrogen-bond acceptors (Lipinski definition) is 2. The standard InChI is InChI=1S/C18H29FN2/c1-3-16(20)13-14-12-15(19)10-11-18(14)21(4-2)17-8-6-5-7-9-17/h10-12,16-17H,3-9,13,20H2,1-2H3. The Morgan fingerprint density at radius 3 is 2.57 bits per heavy atom. The normalized spacial score (nSPS) is 17.7. The van der Waals surface area contributed by atoms with E-state index in [0.717, 1.165) is 24.9 Å². The molecule has 21 heavy (non-hydrogen) atoms. The van der Waals surface area contributed by atoms with Gasteiger partial charge in [0.25, 0.3) is 0 Å². The van der Waals surface area contributed by atoms with Crippen LogP contribution in [0, 0.1) is 5.82 Å². The number of halogens is 1. The van der Waals surface area contributed by atoms with Crippen LogP contribution in [0.25, 0.3) is 0 Å². The van der Waals surface area contributed by atoms with Crippen molar-refractivity contribution in [2.75, 3.05) is 11.4 Å². The van der Waals surface area contributed by atoms with E-state index in [1.54, 1.807) is 12.1 Å². The molecule has 3 heteroatoms. The molecule has 2 nitrogen and oxygen atoms in total. The lowest BCUT2D eigenvalue weighted by molar-refractivity contribution is 0.417. The van der Waals surface area contributed by atoms with E-state index in [9.17, 15) is 4.39 Å². The highest BCUT2D eigenvalue weighted by Crippen LogP contribution is 2.30. The molecule has 0 spiro atoms. The average molecular weight is 292 g/mol. The maximum atomic E-state index is 13.7. The molecule has 1 aromatic rings. The molecule has 0 saturated heterocycles. The summed E-state index contributed by atoms with van der Waals surface area (Å²) in [6, 6.07) is 5.92. The number of rotatable bonds is 6. The molecule has 0 heterocycles. The van der Waals surface area contributed by atoms with Gasteiger partial charge in [-0.3, -0.25) is 0 Å². The fraction of sp³-hybridized carbons (Fsp3) is 0.667. The van der Waals surface area contributed by atoms with Gasteiger partial charge in [0.05, 0.1) is 0 Å². The first-order valence-electron chi connectivity index (χ1n) is 8.46. The molecule has 0 radical (unpaired) electrons. The van der Waals surface area contributed by atoms with Crippen molar-refractivity contribution in [2.24, 2.45) is 5.73 Å². The maximum absolute atomic E-state index is 13.7. The molecule has 0 aromatic heterocycles. The van der Waals surface area contributed by atoms with E-state index >= 15 is 0 Å². The average Bonchev–Trinajstić information content (AvgIpc) is 2.51. The molecule has 1 unspecified atom stereocenters. The van der Waals surface area contributed by atoms with Gasteiger partial charge in [-0.15, -0.1) is 0 Å². The Hall–Kier alpha value is -1.09. The van der Waals surface area contributed by atoms with Crippen LogP contribution < -0.4 is 10.6 Å². The second kappa shape index (κ2) is 7.79. The molecule has 1 fully saturated rings. The topological polar surface area (TPSA) is 29.3 Å². The molecule has 1 aliphatic carbocycles. The Morgan fingerprint density at radius 1 is 1.24 bits per heavy atom. The summed E-state index contributed by atoms with van der Waals surface area (Å²) in [5.74, 6) is -0.156. The van der Waals surface area contributed by atoms with Crippen LogP contribution in [0.3, 0.4) is 0 Å². The summed E-state index contributed by atoms with van der Waals surface area (Å²) < 4.78 is 13.7. The van der Waals surface area contributed by atoms with E-state index in [2.05, 4.69) is 18.7 Å². The zero-order valence-corrected chi connectivity index (χ0v) is 13.4. The fourth-order valence-corrected chi connectivity index (χ4v) is 3.44. The summed E-state index contributed by atoms with van der Waals surface area (Å²) in [4.78, 5) is 2.47. The highest BCUT2D eigenvalue weighted by molar-refractivity contribution is 5.55. The minimum absolute atomic E-state index is 0.107. The van der Waals surface area contributed by atoms with Crippen LogP contribution in [0.1, 0.15) is 57.9 Å². The maximum Gasteiger partial charge on any atom is 0.123 e. The molecular formula is C18H29FN2. The molecule has 1 aromatic carbocycles. The van der Waals surface area contributed by atoms with Crippen molar-refractivity contribution in [3.63, 3.8) is 0 Å². The van der Waals surface area contributed by atoms with E-state index in [4.69, 9.17) is 5.73 Å². The predicted molar refractivity (Wildman–Crippen MR) is 88.3 cm³/mol. The SMILES string of the molecule is CCC(N)Cc1cc(F)ccc1N(CC)C1CCCCC1. The number of benzene rings is 1. The monoisotopic (exact) mass is 292 g/mol. The molecule has 0 bridgehead atoms. The van der Waals surface area contributed by atoms with Gasteiger partial charge in [0.1, 0.15) is 5.82 Å². The van der Waals surface area contributed by atoms with Gasteiger partial charge >= 0.3 is 0 Å². The van der Waals surface area contributed by atoms with E-state index in [1.165, 1.54) is 37.8 Å². The quantitative estimate of drug-likeness (QED) is 0.848. The van der Waals surface area contributed by atoms with Gasteiger partial charge < -0.3 is 10.6 Å². The first-order chi connectivity index (χ1) is 10.2. The Bertz CT molecular complexity index is 441. The third kappa shape index (κ3) is 4.19. The van der Waals surface area contributed by atoms with Crippen LogP contribution in [-0.4, -0.2) is 18.6 Å². The summed E-state index contributed by atoms with van der Waals surface area (Å²) in [5.41, 5.74) is 8.36. The Kier molecular flexibility index (Phi) is 6.04. The van der Waals surface area contributed by atoms with Crippen LogP contribution in [0.15, 0.2) is 18.2 Å². The minimum Gasteiger partial charge on any atom is -0.369 e. The molecule has 1 saturated carbocycles. The van der Waals surface area contributed by atoms with Crippen molar-refractivity contribution in [3.05, 3.63) is 29.6 Å². The molecule has 1 atom stereocenters. The molecule has 118 valence electrons. The Morgan fingerprint density at radius 2 is 1.95 bits per heavy atom. The smallest absolute Gasteiger partial charge is 0.123 e. The highest BCUT2D eigenvalue weighted by atomic mass is 19.1. The summed E-state index contributed by atoms with van der Waals surface area (Å²) in [5, 5.41) is 0. The molecule has 2 N–H and O–H groups in total. The van der Waals surface area contributed by atoms with Crippen LogP contribution in [0.4, 0.5) is 10.1 Å². The lowest BCUT2D eigenvalue weighted by Gasteiger charge is -2.37. The second-order valence-electron chi connectivity index (χ2n) is 6.22. The Balaban J connectivity index is 2.26.